The van der Waals surface area contributed by atoms with Crippen molar-refractivity contribution in [3.8, 4) is 0 Å². The number of aromatic amines is 4. The first-order chi connectivity index (χ1) is 68.1. The molecule has 796 valence electrons. The molecule has 5 aliphatic rings. The van der Waals surface area contributed by atoms with Gasteiger partial charge in [-0.05, 0) is 190 Å². The summed E-state index contributed by atoms with van der Waals surface area (Å²) in [4.78, 5) is 148. The van der Waals surface area contributed by atoms with Crippen LogP contribution in [-0.2, 0) is 121 Å². The minimum Gasteiger partial charge on any atom is -0.465 e. The maximum Gasteiger partial charge on any atom is 0.344 e. The van der Waals surface area contributed by atoms with Gasteiger partial charge in [0.15, 0.2) is 14.4 Å². The molecule has 35 nitrogen and oxygen atoms in total. The smallest absolute Gasteiger partial charge is 0.344 e. The second-order valence-corrected chi connectivity index (χ2v) is 58.1. The lowest BCUT2D eigenvalue weighted by molar-refractivity contribution is -0.146. The van der Waals surface area contributed by atoms with Crippen molar-refractivity contribution in [1.29, 1.82) is 0 Å². The molecule has 0 amide bonds. The molecular weight excluding hydrogens is 2850 g/mol. The van der Waals surface area contributed by atoms with E-state index in [1.807, 2.05) is 108 Å². The van der Waals surface area contributed by atoms with E-state index in [1.54, 1.807) is 53.4 Å². The predicted molar refractivity (Wildman–Crippen MR) is 607 cm³/mol. The van der Waals surface area contributed by atoms with E-state index in [4.69, 9.17) is 52.1 Å². The number of ether oxygens (including phenoxy) is 11. The average Bonchev–Trinajstić information content (AvgIpc) is 1.71. The molecule has 0 bridgehead atoms. The quantitative estimate of drug-likeness (QED) is 0.0121. The third-order valence-corrected chi connectivity index (χ3v) is 26.0. The summed E-state index contributed by atoms with van der Waals surface area (Å²) in [7, 11) is 2.12. The zero-order chi connectivity index (χ0) is 105. The molecule has 4 N–H and O–H groups in total. The molecule has 0 aliphatic carbocycles. The van der Waals surface area contributed by atoms with E-state index in [-0.39, 0.29) is 80.3 Å². The van der Waals surface area contributed by atoms with E-state index in [1.165, 1.54) is 12.8 Å². The number of nitrogens with zero attached hydrogens (tertiary/aromatic N) is 11. The molecule has 5 aliphatic heterocycles. The zero-order valence-corrected chi connectivity index (χ0v) is 104. The highest BCUT2D eigenvalue weighted by molar-refractivity contribution is 9.40. The summed E-state index contributed by atoms with van der Waals surface area (Å²) in [5, 5.41) is 0. The van der Waals surface area contributed by atoms with Gasteiger partial charge in [-0.3, -0.25) is 43.8 Å². The number of para-hydroxylation sites is 6. The van der Waals surface area contributed by atoms with Gasteiger partial charge in [-0.2, -0.15) is 0 Å². The largest absolute Gasteiger partial charge is 0.465 e. The minimum atomic E-state index is -0.949. The van der Waals surface area contributed by atoms with Gasteiger partial charge >= 0.3 is 53.7 Å². The molecule has 0 spiro atoms. The molecule has 4 aromatic carbocycles. The number of hydrogen-bond acceptors (Lipinski definition) is 31. The zero-order valence-electron chi connectivity index (χ0n) is 80.1. The van der Waals surface area contributed by atoms with Crippen LogP contribution in [0.3, 0.4) is 0 Å². The van der Waals surface area contributed by atoms with Crippen molar-refractivity contribution < 1.29 is 95.3 Å². The number of aliphatic imine (C=N–C) groups is 1. The molecule has 9 heterocycles. The third-order valence-electron chi connectivity index (χ3n) is 20.1. The third kappa shape index (κ3) is 58.0. The molecule has 50 heteroatoms. The first kappa shape index (κ1) is 130. The van der Waals surface area contributed by atoms with Crippen LogP contribution in [0.15, 0.2) is 121 Å². The van der Waals surface area contributed by atoms with Gasteiger partial charge < -0.3 is 81.8 Å². The Kier molecular flexibility index (Phi) is 66.5. The van der Waals surface area contributed by atoms with Crippen LogP contribution in [0, 0.1) is 0 Å². The van der Waals surface area contributed by atoms with Crippen molar-refractivity contribution in [2.24, 2.45) is 4.99 Å². The average molecular weight is 2970 g/mol. The van der Waals surface area contributed by atoms with E-state index in [0.29, 0.717) is 64.3 Å². The monoisotopic (exact) mass is 2950 g/mol. The first-order valence-corrected chi connectivity index (χ1v) is 58.8. The van der Waals surface area contributed by atoms with Crippen LogP contribution in [0.2, 0.25) is 0 Å². The Labute approximate surface area is 961 Å². The summed E-state index contributed by atoms with van der Waals surface area (Å²) in [6, 6.07) is 32.8. The number of esters is 9. The van der Waals surface area contributed by atoms with Gasteiger partial charge in [-0.15, -0.1) is 0 Å². The van der Waals surface area contributed by atoms with Gasteiger partial charge in [0, 0.05) is 104 Å². The van der Waals surface area contributed by atoms with Crippen LogP contribution >= 0.6 is 239 Å². The number of aromatic nitrogens is 8. The number of alkyl halides is 15. The van der Waals surface area contributed by atoms with Gasteiger partial charge in [0.25, 0.3) is 0 Å². The van der Waals surface area contributed by atoms with Crippen molar-refractivity contribution in [2.45, 2.75) is 135 Å². The molecule has 8 aromatic rings. The van der Waals surface area contributed by atoms with Crippen molar-refractivity contribution >= 4 is 332 Å². The molecule has 0 saturated carbocycles. The molecule has 13 rings (SSSR count). The molecule has 4 aromatic heterocycles. The number of likely N-dealkylation sites (N-methyl/N-ethyl adjacent to an activating group) is 1. The predicted octanol–water partition coefficient (Wildman–Crippen LogP) is 18.5. The number of halogens is 15. The van der Waals surface area contributed by atoms with Gasteiger partial charge in [-0.25, -0.2) is 43.9 Å². The van der Waals surface area contributed by atoms with E-state index in [0.717, 1.165) is 220 Å². The van der Waals surface area contributed by atoms with Crippen LogP contribution in [0.1, 0.15) is 107 Å². The molecule has 3 unspecified atom stereocenters. The fourth-order valence-electron chi connectivity index (χ4n) is 12.4. The van der Waals surface area contributed by atoms with Crippen molar-refractivity contribution in [3.05, 3.63) is 144 Å². The number of fused-ring (bicyclic) bond motifs is 3. The molecule has 4 saturated heterocycles. The summed E-state index contributed by atoms with van der Waals surface area (Å²) >= 11 is 47.1. The summed E-state index contributed by atoms with van der Waals surface area (Å²) in [5.74, 6) is 0.478. The second-order valence-electron chi connectivity index (χ2n) is 32.3. The van der Waals surface area contributed by atoms with E-state index >= 15 is 0 Å². The van der Waals surface area contributed by atoms with Crippen molar-refractivity contribution in [2.75, 3.05) is 191 Å². The van der Waals surface area contributed by atoms with Gasteiger partial charge in [-0.1, -0.05) is 258 Å². The van der Waals surface area contributed by atoms with Crippen molar-refractivity contribution in [3.63, 3.8) is 0 Å². The van der Waals surface area contributed by atoms with Crippen LogP contribution in [0.5, 0.6) is 0 Å². The van der Waals surface area contributed by atoms with Gasteiger partial charge in [0.05, 0.1) is 105 Å². The maximum atomic E-state index is 11.7. The normalized spacial score (nSPS) is 15.2. The van der Waals surface area contributed by atoms with E-state index in [2.05, 4.69) is 315 Å². The van der Waals surface area contributed by atoms with Crippen LogP contribution < -0.4 is 0 Å². The number of rotatable bonds is 38. The Morgan fingerprint density at radius 1 is 0.399 bits per heavy atom. The highest BCUT2D eigenvalue weighted by atomic mass is 80.0. The lowest BCUT2D eigenvalue weighted by Crippen LogP contribution is -2.45. The number of benzene rings is 4. The Morgan fingerprint density at radius 2 is 0.811 bits per heavy atom. The lowest BCUT2D eigenvalue weighted by atomic mass is 10.1. The molecule has 3 atom stereocenters. The van der Waals surface area contributed by atoms with Crippen molar-refractivity contribution in [1.82, 2.24) is 69.3 Å². The number of nitrogens with one attached hydrogen (secondary N) is 4. The number of imidazole rings is 4. The highest BCUT2D eigenvalue weighted by Crippen LogP contribution is 2.35. The van der Waals surface area contributed by atoms with Crippen LogP contribution in [0.4, 0.5) is 0 Å². The molecular formula is C93H124Br15N15O20. The number of likely N-dealkylation sites (tertiary alicyclic amines) is 1. The number of aryl methyl sites for hydroxylation is 1. The van der Waals surface area contributed by atoms with Crippen LogP contribution in [0.25, 0.3) is 33.1 Å². The van der Waals surface area contributed by atoms with Gasteiger partial charge in [0.2, 0.25) is 2.14 Å². The fraction of sp³-hybridized carbons (Fsp3) is 0.570. The van der Waals surface area contributed by atoms with E-state index < -0.39 is 22.0 Å². The topological polar surface area (TPSA) is 402 Å². The molecule has 4 fully saturated rings. The number of piperazine rings is 1. The number of unbranched alkanes of at least 4 members (excludes halogenated alkanes) is 1. The fourth-order valence-corrected chi connectivity index (χ4v) is 14.6. The standard InChI is InChI=1S/C13H15BrN2O2.C12H13BrN2O2.C12H11BrN2O2.C10H8Br2N2O2.C10H17Br2NO3.C9H15Br3N2O2.C9H15Br2NO3.C9H15Br2NO2.C9H15BrN2O2/c1-9(14)13(17)18-8-4-7-12-15-10-5-2-3-6-11(10)16-12;1-8(13)12(16)17-7-6-11-14-9-4-2-3-5-10(9)15-11;13-11(9-4-2-1-3-5-9)12(16)17-8-10-14-6-7-15-10;11-9(12)10(15)16-5-8-13-6-3-1-2-4-7(6)14-8;11-9(12)10(14)16-6-2-1-3-13-4-7-15-8-5-13;1-13-2-4-14(5-3-13)6-7-16-8(15)9(10,11)12;10-8(11)9(13)15-5-1-2-12-3-6-14-7-4-12;1-9(10,11)8(13)14-7-6-12-4-2-3-5-12;1-9(2,10)8(13)14-6-5-12-4-3-11-7-12/h2-3,5-6,9H,4,7-8H2,1H3,(H,15,16);2-5,8H,6-7H2,1H3,(H,14,15);1-7,11H,8H2,(H,14,15);1-4,9H,5H2,(H,13,14);9H,1-8H2;2-7H2,1H3;8H,1-7H2;2-7H2,1H3;7H,3-6H2,1-2H3. The highest BCUT2D eigenvalue weighted by Gasteiger charge is 2.32. The first-order valence-electron chi connectivity index (χ1n) is 45.8. The molecule has 0 radical (unpaired) electrons. The lowest BCUT2D eigenvalue weighted by Gasteiger charge is -2.32. The van der Waals surface area contributed by atoms with Crippen LogP contribution in [-0.4, -0.2) is 351 Å². The van der Waals surface area contributed by atoms with E-state index in [9.17, 15) is 43.2 Å². The Hall–Kier alpha value is -3.88. The molecule has 143 heavy (non-hydrogen) atoms. The number of hydrogen-bond donors (Lipinski definition) is 4. The summed E-state index contributed by atoms with van der Waals surface area (Å²) in [6.45, 7) is 32.0. The Balaban J connectivity index is 0.000000284. The SMILES string of the molecule is CC(Br)(Br)C(=O)OCCN1CCCC1.CC(Br)C(=O)OCCCc1nc2ccccc2[nH]1.CC(Br)C(=O)OCCc1nc2ccccc2[nH]1.CC(C)(Br)C(=O)OCCN1C=NCC1.CN1CCN(CCOC(=O)C(Br)(Br)Br)CC1.O=C(OCCCCN1CCOCC1)C(Br)Br.O=C(OCCCN1CCOCC1)C(Br)Br.O=C(OCc1nc2ccccc2[nH]1)C(Br)Br.O=C(OCc1ncc[nH]1)C(Br)c1ccccc1. The van der Waals surface area contributed by atoms with Gasteiger partial charge in [0.1, 0.15) is 75.1 Å². The minimum absolute atomic E-state index is 0.140. The maximum absolute atomic E-state index is 11.7. The number of morpholine rings is 2. The number of carbonyl (C=O) groups excluding carboxylic acids is 9. The summed E-state index contributed by atoms with van der Waals surface area (Å²) < 4.78 is 52.5. The Bertz CT molecular complexity index is 4890. The Morgan fingerprint density at radius 3 is 1.28 bits per heavy atom. The summed E-state index contributed by atoms with van der Waals surface area (Å²) in [5.41, 5.74) is 6.62. The summed E-state index contributed by atoms with van der Waals surface area (Å²) in [6.07, 6.45) is 12.6. The number of carbonyl (C=O) groups is 9. The number of H-pyrrole nitrogens is 4. The second kappa shape index (κ2) is 73.4.